The molecule has 2 heterocycles. The number of benzene rings is 2. The first-order chi connectivity index (χ1) is 16.4. The summed E-state index contributed by atoms with van der Waals surface area (Å²) in [6, 6.07) is 14.3. The zero-order chi connectivity index (χ0) is 24.1. The minimum atomic E-state index is -3.41. The lowest BCUT2D eigenvalue weighted by atomic mass is 10.1. The van der Waals surface area contributed by atoms with Crippen molar-refractivity contribution in [3.8, 4) is 17.1 Å². The summed E-state index contributed by atoms with van der Waals surface area (Å²) in [7, 11) is -1.80. The summed E-state index contributed by atoms with van der Waals surface area (Å²) >= 11 is 0. The number of hydrogen-bond donors (Lipinski definition) is 1. The lowest BCUT2D eigenvalue weighted by Gasteiger charge is -2.15. The van der Waals surface area contributed by atoms with E-state index in [0.29, 0.717) is 48.0 Å². The molecular weight excluding hydrogens is 452 g/mol. The number of methoxy groups -OCH3 is 1. The van der Waals surface area contributed by atoms with Gasteiger partial charge >= 0.3 is 0 Å². The lowest BCUT2D eigenvalue weighted by Crippen LogP contribution is -2.28. The second kappa shape index (κ2) is 10.3. The maximum Gasteiger partial charge on any atom is 0.254 e. The number of aromatic nitrogens is 2. The van der Waals surface area contributed by atoms with Crippen molar-refractivity contribution in [3.05, 3.63) is 71.5 Å². The highest BCUT2D eigenvalue weighted by Crippen LogP contribution is 2.22. The quantitative estimate of drug-likeness (QED) is 0.531. The van der Waals surface area contributed by atoms with E-state index in [1.807, 2.05) is 24.3 Å². The molecule has 178 valence electrons. The number of rotatable bonds is 8. The van der Waals surface area contributed by atoms with Crippen molar-refractivity contribution in [1.29, 1.82) is 0 Å². The van der Waals surface area contributed by atoms with E-state index in [4.69, 9.17) is 4.74 Å². The van der Waals surface area contributed by atoms with E-state index in [1.54, 1.807) is 38.3 Å². The maximum atomic E-state index is 12.6. The van der Waals surface area contributed by atoms with Crippen molar-refractivity contribution in [2.45, 2.75) is 31.1 Å². The molecule has 2 aromatic carbocycles. The van der Waals surface area contributed by atoms with Crippen molar-refractivity contribution in [2.24, 2.45) is 0 Å². The van der Waals surface area contributed by atoms with Gasteiger partial charge in [-0.3, -0.25) is 4.79 Å². The number of ether oxygens (including phenoxy) is 1. The summed E-state index contributed by atoms with van der Waals surface area (Å²) in [5, 5.41) is 2.89. The van der Waals surface area contributed by atoms with Crippen molar-refractivity contribution in [2.75, 3.05) is 26.7 Å². The van der Waals surface area contributed by atoms with Gasteiger partial charge < -0.3 is 10.1 Å². The predicted octanol–water partition coefficient (Wildman–Crippen LogP) is 3.22. The van der Waals surface area contributed by atoms with Crippen LogP contribution in [0.25, 0.3) is 11.4 Å². The van der Waals surface area contributed by atoms with Crippen LogP contribution in [0.5, 0.6) is 5.75 Å². The maximum absolute atomic E-state index is 12.6. The molecule has 8 nitrogen and oxygen atoms in total. The van der Waals surface area contributed by atoms with Gasteiger partial charge in [0.25, 0.3) is 5.91 Å². The number of carbonyl (C=O) groups is 1. The first-order valence-corrected chi connectivity index (χ1v) is 12.7. The van der Waals surface area contributed by atoms with Gasteiger partial charge in [-0.25, -0.2) is 18.4 Å². The molecule has 1 aliphatic rings. The summed E-state index contributed by atoms with van der Waals surface area (Å²) in [5.74, 6) is 1.05. The SMILES string of the molecule is COc1ccc(-c2ncc(C(=O)NCCc3ccc(S(=O)(=O)N4CCCC4)cc3)c(C)n2)cc1. The van der Waals surface area contributed by atoms with Crippen LogP contribution in [-0.2, 0) is 16.4 Å². The molecule has 3 aromatic rings. The Labute approximate surface area is 200 Å². The summed E-state index contributed by atoms with van der Waals surface area (Å²) in [5.41, 5.74) is 2.80. The number of carbonyl (C=O) groups excluding carboxylic acids is 1. The van der Waals surface area contributed by atoms with Gasteiger partial charge in [0.15, 0.2) is 5.82 Å². The van der Waals surface area contributed by atoms with Crippen LogP contribution in [0, 0.1) is 6.92 Å². The molecular formula is C25H28N4O4S. The predicted molar refractivity (Wildman–Crippen MR) is 129 cm³/mol. The minimum absolute atomic E-state index is 0.244. The van der Waals surface area contributed by atoms with Gasteiger partial charge in [-0.15, -0.1) is 0 Å². The van der Waals surface area contributed by atoms with Gasteiger partial charge in [0.1, 0.15) is 5.75 Å². The van der Waals surface area contributed by atoms with E-state index >= 15 is 0 Å². The van der Waals surface area contributed by atoms with Crippen molar-refractivity contribution < 1.29 is 17.9 Å². The van der Waals surface area contributed by atoms with E-state index < -0.39 is 10.0 Å². The topological polar surface area (TPSA) is 101 Å². The van der Waals surface area contributed by atoms with Crippen LogP contribution >= 0.6 is 0 Å². The van der Waals surface area contributed by atoms with E-state index in [0.717, 1.165) is 29.7 Å². The molecule has 34 heavy (non-hydrogen) atoms. The minimum Gasteiger partial charge on any atom is -0.497 e. The van der Waals surface area contributed by atoms with Crippen molar-refractivity contribution in [3.63, 3.8) is 0 Å². The molecule has 0 bridgehead atoms. The highest BCUT2D eigenvalue weighted by molar-refractivity contribution is 7.89. The van der Waals surface area contributed by atoms with Crippen LogP contribution in [0.4, 0.5) is 0 Å². The highest BCUT2D eigenvalue weighted by Gasteiger charge is 2.26. The molecule has 1 aromatic heterocycles. The first-order valence-electron chi connectivity index (χ1n) is 11.2. The number of amides is 1. The van der Waals surface area contributed by atoms with E-state index in [-0.39, 0.29) is 5.91 Å². The van der Waals surface area contributed by atoms with Crippen LogP contribution in [0.2, 0.25) is 0 Å². The Kier molecular flexibility index (Phi) is 7.23. The summed E-state index contributed by atoms with van der Waals surface area (Å²) in [6.45, 7) is 3.36. The number of nitrogens with one attached hydrogen (secondary N) is 1. The standard InChI is InChI=1S/C25H28N4O4S/c1-18-23(17-27-24(28-18)20-7-9-21(33-2)10-8-20)25(30)26-14-13-19-5-11-22(12-6-19)34(31,32)29-15-3-4-16-29/h5-12,17H,3-4,13-16H2,1-2H3,(H,26,30). The third-order valence-electron chi connectivity index (χ3n) is 5.90. The van der Waals surface area contributed by atoms with Crippen molar-refractivity contribution in [1.82, 2.24) is 19.6 Å². The molecule has 4 rings (SSSR count). The third-order valence-corrected chi connectivity index (χ3v) is 7.81. The van der Waals surface area contributed by atoms with E-state index in [1.165, 1.54) is 10.5 Å². The van der Waals surface area contributed by atoms with Gasteiger partial charge in [-0.2, -0.15) is 4.31 Å². The Morgan fingerprint density at radius 1 is 1.06 bits per heavy atom. The van der Waals surface area contributed by atoms with Gasteiger partial charge in [0.2, 0.25) is 10.0 Å². The Bertz CT molecular complexity index is 1250. The fourth-order valence-corrected chi connectivity index (χ4v) is 5.41. The second-order valence-corrected chi connectivity index (χ2v) is 10.1. The monoisotopic (exact) mass is 480 g/mol. The first kappa shape index (κ1) is 23.8. The van der Waals surface area contributed by atoms with Crippen LogP contribution in [0.3, 0.4) is 0 Å². The lowest BCUT2D eigenvalue weighted by molar-refractivity contribution is 0.0952. The van der Waals surface area contributed by atoms with Crippen LogP contribution in [-0.4, -0.2) is 55.3 Å². The Morgan fingerprint density at radius 3 is 2.35 bits per heavy atom. The Balaban J connectivity index is 1.33. The largest absolute Gasteiger partial charge is 0.497 e. The molecule has 0 radical (unpaired) electrons. The van der Waals surface area contributed by atoms with Gasteiger partial charge in [-0.05, 0) is 68.1 Å². The molecule has 9 heteroatoms. The van der Waals surface area contributed by atoms with Crippen LogP contribution < -0.4 is 10.1 Å². The number of sulfonamides is 1. The molecule has 0 spiro atoms. The second-order valence-electron chi connectivity index (χ2n) is 8.18. The Hall–Kier alpha value is -3.30. The molecule has 1 aliphatic heterocycles. The normalized spacial score (nSPS) is 14.2. The van der Waals surface area contributed by atoms with Gasteiger partial charge in [0.05, 0.1) is 23.3 Å². The van der Waals surface area contributed by atoms with E-state index in [9.17, 15) is 13.2 Å². The molecule has 0 aliphatic carbocycles. The average molecular weight is 481 g/mol. The highest BCUT2D eigenvalue weighted by atomic mass is 32.2. The number of nitrogens with zero attached hydrogens (tertiary/aromatic N) is 3. The fraction of sp³-hybridized carbons (Fsp3) is 0.320. The molecule has 1 N–H and O–H groups in total. The van der Waals surface area contributed by atoms with Gasteiger partial charge in [0, 0.05) is 31.4 Å². The Morgan fingerprint density at radius 2 is 1.74 bits per heavy atom. The summed E-state index contributed by atoms with van der Waals surface area (Å²) < 4.78 is 32.0. The average Bonchev–Trinajstić information content (AvgIpc) is 3.40. The summed E-state index contributed by atoms with van der Waals surface area (Å²) in [6.07, 6.45) is 3.94. The number of aryl methyl sites for hydroxylation is 1. The van der Waals surface area contributed by atoms with E-state index in [2.05, 4.69) is 15.3 Å². The molecule has 0 atom stereocenters. The van der Waals surface area contributed by atoms with Gasteiger partial charge in [-0.1, -0.05) is 12.1 Å². The van der Waals surface area contributed by atoms with Crippen LogP contribution in [0.1, 0.15) is 34.5 Å². The molecule has 1 fully saturated rings. The fourth-order valence-electron chi connectivity index (χ4n) is 3.89. The molecule has 1 saturated heterocycles. The molecule has 1 amide bonds. The zero-order valence-corrected chi connectivity index (χ0v) is 20.1. The van der Waals surface area contributed by atoms with Crippen LogP contribution in [0.15, 0.2) is 59.6 Å². The number of hydrogen-bond acceptors (Lipinski definition) is 6. The smallest absolute Gasteiger partial charge is 0.254 e. The summed E-state index contributed by atoms with van der Waals surface area (Å²) in [4.78, 5) is 21.8. The van der Waals surface area contributed by atoms with Crippen molar-refractivity contribution >= 4 is 15.9 Å². The third kappa shape index (κ3) is 5.26. The molecule has 0 unspecified atom stereocenters. The molecule has 0 saturated carbocycles. The zero-order valence-electron chi connectivity index (χ0n) is 19.3.